The minimum Gasteiger partial charge on any atom is -0.496 e. The Morgan fingerprint density at radius 3 is 1.97 bits per heavy atom. The molecule has 0 aliphatic rings. The minimum absolute atomic E-state index is 0.200. The Hall–Kier alpha value is -4.53. The number of methoxy groups -OCH3 is 4. The van der Waals surface area contributed by atoms with Crippen molar-refractivity contribution in [2.24, 2.45) is 5.10 Å². The molecule has 0 unspecified atom stereocenters. The van der Waals surface area contributed by atoms with Crippen molar-refractivity contribution in [3.63, 3.8) is 0 Å². The summed E-state index contributed by atoms with van der Waals surface area (Å²) in [5.41, 5.74) is 3.45. The van der Waals surface area contributed by atoms with Gasteiger partial charge in [0.2, 0.25) is 5.75 Å². The number of amides is 1. The fraction of sp³-hybridized carbons (Fsp3) is 0.160. The number of benzene rings is 3. The molecule has 3 aromatic carbocycles. The van der Waals surface area contributed by atoms with Crippen LogP contribution in [-0.2, 0) is 0 Å². The number of rotatable bonds is 9. The van der Waals surface area contributed by atoms with Crippen molar-refractivity contribution in [3.05, 3.63) is 77.4 Å². The van der Waals surface area contributed by atoms with E-state index in [1.54, 1.807) is 48.5 Å². The van der Waals surface area contributed by atoms with Crippen LogP contribution in [0.25, 0.3) is 0 Å². The van der Waals surface area contributed by atoms with Gasteiger partial charge in [-0.2, -0.15) is 5.10 Å². The smallest absolute Gasteiger partial charge is 0.343 e. The normalized spacial score (nSPS) is 10.5. The summed E-state index contributed by atoms with van der Waals surface area (Å²) < 4.78 is 26.6. The molecule has 34 heavy (non-hydrogen) atoms. The Bertz CT molecular complexity index is 1180. The van der Waals surface area contributed by atoms with Crippen molar-refractivity contribution >= 4 is 18.1 Å². The van der Waals surface area contributed by atoms with Crippen LogP contribution in [0.1, 0.15) is 26.3 Å². The minimum atomic E-state index is -0.641. The van der Waals surface area contributed by atoms with E-state index in [2.05, 4.69) is 10.5 Å². The average molecular weight is 464 g/mol. The van der Waals surface area contributed by atoms with Crippen LogP contribution in [0.3, 0.4) is 0 Å². The predicted octanol–water partition coefficient (Wildman–Crippen LogP) is 3.70. The third-order valence-corrected chi connectivity index (χ3v) is 4.74. The lowest BCUT2D eigenvalue weighted by molar-refractivity contribution is 0.0733. The Kier molecular flexibility index (Phi) is 8.07. The quantitative estimate of drug-likeness (QED) is 0.223. The second kappa shape index (κ2) is 11.4. The van der Waals surface area contributed by atoms with Crippen LogP contribution >= 0.6 is 0 Å². The summed E-state index contributed by atoms with van der Waals surface area (Å²) in [7, 11) is 5.86. The summed E-state index contributed by atoms with van der Waals surface area (Å²) >= 11 is 0. The number of esters is 1. The molecule has 0 fully saturated rings. The largest absolute Gasteiger partial charge is 0.496 e. The first-order valence-corrected chi connectivity index (χ1v) is 10.1. The molecule has 3 aromatic rings. The zero-order valence-corrected chi connectivity index (χ0v) is 19.2. The van der Waals surface area contributed by atoms with E-state index in [1.165, 1.54) is 46.8 Å². The molecule has 0 saturated heterocycles. The van der Waals surface area contributed by atoms with E-state index in [0.29, 0.717) is 34.1 Å². The molecule has 0 aliphatic carbocycles. The van der Waals surface area contributed by atoms with Gasteiger partial charge in [-0.05, 0) is 36.4 Å². The van der Waals surface area contributed by atoms with Crippen LogP contribution < -0.4 is 29.1 Å². The first-order chi connectivity index (χ1) is 16.5. The highest BCUT2D eigenvalue weighted by Gasteiger charge is 2.19. The number of para-hydroxylation sites is 2. The highest BCUT2D eigenvalue weighted by Crippen LogP contribution is 2.38. The van der Waals surface area contributed by atoms with Gasteiger partial charge >= 0.3 is 5.97 Å². The Labute approximate surface area is 196 Å². The van der Waals surface area contributed by atoms with Crippen molar-refractivity contribution in [2.45, 2.75) is 0 Å². The van der Waals surface area contributed by atoms with Gasteiger partial charge in [-0.25, -0.2) is 10.2 Å². The summed E-state index contributed by atoms with van der Waals surface area (Å²) in [6.45, 7) is 0. The lowest BCUT2D eigenvalue weighted by Gasteiger charge is -2.14. The van der Waals surface area contributed by atoms with Gasteiger partial charge < -0.3 is 23.7 Å². The standard InChI is InChI=1S/C25H24N2O7/c1-30-20-12-8-6-10-18(20)24(28)27-26-15-16-9-5-7-11-19(16)34-25(29)17-13-21(31-2)23(33-4)22(14-17)32-3/h5-15H,1-4H3,(H,27,28). The Morgan fingerprint density at radius 1 is 0.765 bits per heavy atom. The van der Waals surface area contributed by atoms with Crippen molar-refractivity contribution < 1.29 is 33.3 Å². The summed E-state index contributed by atoms with van der Waals surface area (Å²) in [4.78, 5) is 25.2. The van der Waals surface area contributed by atoms with E-state index in [-0.39, 0.29) is 11.3 Å². The molecular weight excluding hydrogens is 440 g/mol. The van der Waals surface area contributed by atoms with Crippen molar-refractivity contribution in [3.8, 4) is 28.7 Å². The second-order valence-electron chi connectivity index (χ2n) is 6.74. The first-order valence-electron chi connectivity index (χ1n) is 10.1. The molecule has 0 spiro atoms. The van der Waals surface area contributed by atoms with E-state index in [1.807, 2.05) is 0 Å². The molecule has 1 N–H and O–H groups in total. The van der Waals surface area contributed by atoms with Gasteiger partial charge in [0, 0.05) is 5.56 Å². The number of nitrogens with zero attached hydrogens (tertiary/aromatic N) is 1. The van der Waals surface area contributed by atoms with E-state index in [4.69, 9.17) is 23.7 Å². The maximum Gasteiger partial charge on any atom is 0.343 e. The molecule has 9 nitrogen and oxygen atoms in total. The highest BCUT2D eigenvalue weighted by molar-refractivity contribution is 5.98. The Balaban J connectivity index is 1.78. The monoisotopic (exact) mass is 464 g/mol. The zero-order valence-electron chi connectivity index (χ0n) is 19.2. The molecule has 0 radical (unpaired) electrons. The molecule has 3 rings (SSSR count). The van der Waals surface area contributed by atoms with E-state index in [0.717, 1.165) is 0 Å². The average Bonchev–Trinajstić information content (AvgIpc) is 2.88. The third-order valence-electron chi connectivity index (χ3n) is 4.74. The number of carbonyl (C=O) groups excluding carboxylic acids is 2. The summed E-state index contributed by atoms with van der Waals surface area (Å²) in [6.07, 6.45) is 1.38. The topological polar surface area (TPSA) is 105 Å². The first kappa shape index (κ1) is 24.1. The van der Waals surface area contributed by atoms with Crippen LogP contribution in [0.5, 0.6) is 28.7 Å². The van der Waals surface area contributed by atoms with Gasteiger partial charge in [-0.1, -0.05) is 24.3 Å². The zero-order chi connectivity index (χ0) is 24.5. The molecule has 176 valence electrons. The fourth-order valence-electron chi connectivity index (χ4n) is 3.09. The number of ether oxygens (including phenoxy) is 5. The van der Waals surface area contributed by atoms with Crippen LogP contribution in [0.4, 0.5) is 0 Å². The van der Waals surface area contributed by atoms with Crippen LogP contribution in [0.2, 0.25) is 0 Å². The predicted molar refractivity (Wildman–Crippen MR) is 126 cm³/mol. The fourth-order valence-corrected chi connectivity index (χ4v) is 3.09. The summed E-state index contributed by atoms with van der Waals surface area (Å²) in [6, 6.07) is 16.5. The molecule has 0 aliphatic heterocycles. The van der Waals surface area contributed by atoms with E-state index in [9.17, 15) is 9.59 Å². The number of hydrazone groups is 1. The summed E-state index contributed by atoms with van der Waals surface area (Å²) in [5, 5.41) is 3.98. The number of carbonyl (C=O) groups is 2. The maximum atomic E-state index is 12.8. The number of hydrogen-bond acceptors (Lipinski definition) is 8. The van der Waals surface area contributed by atoms with Crippen LogP contribution in [-0.4, -0.2) is 46.5 Å². The lowest BCUT2D eigenvalue weighted by Crippen LogP contribution is -2.18. The molecule has 0 atom stereocenters. The van der Waals surface area contributed by atoms with E-state index >= 15 is 0 Å². The van der Waals surface area contributed by atoms with Gasteiger partial charge in [0.05, 0.1) is 45.8 Å². The molecule has 0 aromatic heterocycles. The van der Waals surface area contributed by atoms with Gasteiger partial charge in [0.1, 0.15) is 11.5 Å². The highest BCUT2D eigenvalue weighted by atomic mass is 16.5. The van der Waals surface area contributed by atoms with Gasteiger partial charge in [-0.15, -0.1) is 0 Å². The second-order valence-corrected chi connectivity index (χ2v) is 6.74. The SMILES string of the molecule is COc1ccccc1C(=O)NN=Cc1ccccc1OC(=O)c1cc(OC)c(OC)c(OC)c1. The maximum absolute atomic E-state index is 12.8. The summed E-state index contributed by atoms with van der Waals surface area (Å²) in [5.74, 6) is 0.593. The third kappa shape index (κ3) is 5.44. The lowest BCUT2D eigenvalue weighted by atomic mass is 10.1. The molecule has 0 saturated carbocycles. The van der Waals surface area contributed by atoms with Crippen molar-refractivity contribution in [1.82, 2.24) is 5.43 Å². The number of hydrogen-bond donors (Lipinski definition) is 1. The molecular formula is C25H24N2O7. The molecule has 9 heteroatoms. The Morgan fingerprint density at radius 2 is 1.35 bits per heavy atom. The number of nitrogens with one attached hydrogen (secondary N) is 1. The van der Waals surface area contributed by atoms with Gasteiger partial charge in [0.25, 0.3) is 5.91 Å². The van der Waals surface area contributed by atoms with Crippen LogP contribution in [0.15, 0.2) is 65.8 Å². The van der Waals surface area contributed by atoms with E-state index < -0.39 is 11.9 Å². The molecule has 1 amide bonds. The van der Waals surface area contributed by atoms with Gasteiger partial charge in [-0.3, -0.25) is 4.79 Å². The molecule has 0 heterocycles. The van der Waals surface area contributed by atoms with Crippen molar-refractivity contribution in [1.29, 1.82) is 0 Å². The van der Waals surface area contributed by atoms with Crippen LogP contribution in [0, 0.1) is 0 Å². The van der Waals surface area contributed by atoms with Gasteiger partial charge in [0.15, 0.2) is 11.5 Å². The molecule has 0 bridgehead atoms. The van der Waals surface area contributed by atoms with Crippen molar-refractivity contribution in [2.75, 3.05) is 28.4 Å².